The Hall–Kier alpha value is -0.470. The van der Waals surface area contributed by atoms with E-state index in [1.54, 1.807) is 0 Å². The summed E-state index contributed by atoms with van der Waals surface area (Å²) in [4.78, 5) is 4.24. The Morgan fingerprint density at radius 3 is 3.00 bits per heavy atom. The molecule has 1 aromatic heterocycles. The predicted octanol–water partition coefficient (Wildman–Crippen LogP) is 3.94. The molecule has 6 heteroatoms. The maximum absolute atomic E-state index is 9.81. The number of hydrogen-bond acceptors (Lipinski definition) is 4. The van der Waals surface area contributed by atoms with Crippen LogP contribution in [0.3, 0.4) is 0 Å². The van der Waals surface area contributed by atoms with Crippen molar-refractivity contribution in [1.82, 2.24) is 10.1 Å². The Bertz CT molecular complexity index is 545. The SMILES string of the molecule is CCCC(O)c1noc(-c2cc(I)ccc2Br)n1. The molecule has 18 heavy (non-hydrogen) atoms. The maximum Gasteiger partial charge on any atom is 0.259 e. The van der Waals surface area contributed by atoms with E-state index < -0.39 is 6.10 Å². The first kappa shape index (κ1) is 14.0. The van der Waals surface area contributed by atoms with Crippen molar-refractivity contribution in [2.45, 2.75) is 25.9 Å². The standard InChI is InChI=1S/C12H12BrIN2O2/c1-2-3-10(17)11-15-12(18-16-11)8-6-7(14)4-5-9(8)13/h4-6,10,17H,2-3H2,1H3. The Morgan fingerprint density at radius 1 is 1.50 bits per heavy atom. The molecule has 0 fully saturated rings. The molecule has 0 spiro atoms. The van der Waals surface area contributed by atoms with Gasteiger partial charge in [-0.15, -0.1) is 0 Å². The summed E-state index contributed by atoms with van der Waals surface area (Å²) in [5, 5.41) is 13.6. The lowest BCUT2D eigenvalue weighted by Gasteiger charge is -2.01. The van der Waals surface area contributed by atoms with E-state index in [-0.39, 0.29) is 0 Å². The molecule has 96 valence electrons. The number of rotatable bonds is 4. The predicted molar refractivity (Wildman–Crippen MR) is 80.0 cm³/mol. The van der Waals surface area contributed by atoms with Gasteiger partial charge in [0.1, 0.15) is 6.10 Å². The van der Waals surface area contributed by atoms with Crippen molar-refractivity contribution < 1.29 is 9.63 Å². The molecule has 4 nitrogen and oxygen atoms in total. The van der Waals surface area contributed by atoms with Gasteiger partial charge in [0.05, 0.1) is 5.56 Å². The Labute approximate surface area is 127 Å². The average molecular weight is 423 g/mol. The summed E-state index contributed by atoms with van der Waals surface area (Å²) in [5.74, 6) is 0.767. The maximum atomic E-state index is 9.81. The van der Waals surface area contributed by atoms with Crippen LogP contribution in [0, 0.1) is 3.57 Å². The zero-order valence-electron chi connectivity index (χ0n) is 9.73. The van der Waals surface area contributed by atoms with Crippen LogP contribution < -0.4 is 0 Å². The highest BCUT2D eigenvalue weighted by Crippen LogP contribution is 2.29. The van der Waals surface area contributed by atoms with Crippen molar-refractivity contribution in [2.75, 3.05) is 0 Å². The summed E-state index contributed by atoms with van der Waals surface area (Å²) in [6.07, 6.45) is 0.846. The second-order valence-corrected chi connectivity index (χ2v) is 5.99. The second-order valence-electron chi connectivity index (χ2n) is 3.89. The van der Waals surface area contributed by atoms with Gasteiger partial charge in [-0.3, -0.25) is 0 Å². The number of nitrogens with zero attached hydrogens (tertiary/aromatic N) is 2. The molecule has 1 unspecified atom stereocenters. The van der Waals surface area contributed by atoms with Crippen LogP contribution in [0.25, 0.3) is 11.5 Å². The molecule has 0 aliphatic heterocycles. The molecule has 0 radical (unpaired) electrons. The highest BCUT2D eigenvalue weighted by Gasteiger charge is 2.17. The number of benzene rings is 1. The van der Waals surface area contributed by atoms with E-state index in [1.807, 2.05) is 25.1 Å². The third-order valence-electron chi connectivity index (χ3n) is 2.46. The molecule has 1 N–H and O–H groups in total. The van der Waals surface area contributed by atoms with E-state index in [9.17, 15) is 5.11 Å². The van der Waals surface area contributed by atoms with E-state index in [1.165, 1.54) is 0 Å². The van der Waals surface area contributed by atoms with Gasteiger partial charge < -0.3 is 9.63 Å². The lowest BCUT2D eigenvalue weighted by atomic mass is 10.2. The first-order chi connectivity index (χ1) is 8.61. The van der Waals surface area contributed by atoms with Crippen LogP contribution in [0.15, 0.2) is 27.2 Å². The van der Waals surface area contributed by atoms with Gasteiger partial charge in [0, 0.05) is 8.04 Å². The molecular formula is C12H12BrIN2O2. The van der Waals surface area contributed by atoms with Crippen LogP contribution >= 0.6 is 38.5 Å². The summed E-state index contributed by atoms with van der Waals surface area (Å²) < 4.78 is 7.17. The largest absolute Gasteiger partial charge is 0.385 e. The van der Waals surface area contributed by atoms with Crippen molar-refractivity contribution in [1.29, 1.82) is 0 Å². The zero-order valence-corrected chi connectivity index (χ0v) is 13.5. The summed E-state index contributed by atoms with van der Waals surface area (Å²) in [6.45, 7) is 2.00. The minimum Gasteiger partial charge on any atom is -0.385 e. The van der Waals surface area contributed by atoms with E-state index in [0.717, 1.165) is 20.0 Å². The number of hydrogen-bond donors (Lipinski definition) is 1. The van der Waals surface area contributed by atoms with Crippen LogP contribution in [0.5, 0.6) is 0 Å². The Morgan fingerprint density at radius 2 is 2.28 bits per heavy atom. The smallest absolute Gasteiger partial charge is 0.259 e. The van der Waals surface area contributed by atoms with Crippen molar-refractivity contribution in [3.63, 3.8) is 0 Å². The lowest BCUT2D eigenvalue weighted by Crippen LogP contribution is -1.98. The normalized spacial score (nSPS) is 12.7. The topological polar surface area (TPSA) is 59.2 Å². The quantitative estimate of drug-likeness (QED) is 0.758. The fourth-order valence-electron chi connectivity index (χ4n) is 1.54. The third kappa shape index (κ3) is 3.10. The molecule has 1 heterocycles. The van der Waals surface area contributed by atoms with Crippen molar-refractivity contribution in [2.24, 2.45) is 0 Å². The lowest BCUT2D eigenvalue weighted by molar-refractivity contribution is 0.153. The molecule has 1 atom stereocenters. The molecule has 0 bridgehead atoms. The molecular weight excluding hydrogens is 411 g/mol. The molecule has 0 saturated carbocycles. The van der Waals surface area contributed by atoms with Crippen LogP contribution in [-0.4, -0.2) is 15.2 Å². The monoisotopic (exact) mass is 422 g/mol. The number of halogens is 2. The summed E-state index contributed by atoms with van der Waals surface area (Å²) in [6, 6.07) is 5.87. The van der Waals surface area contributed by atoms with Gasteiger partial charge in [0.25, 0.3) is 5.89 Å². The summed E-state index contributed by atoms with van der Waals surface area (Å²) in [7, 11) is 0. The Balaban J connectivity index is 2.32. The van der Waals surface area contributed by atoms with Crippen LogP contribution in [0.1, 0.15) is 31.7 Å². The number of aliphatic hydroxyl groups is 1. The summed E-state index contributed by atoms with van der Waals surface area (Å²) >= 11 is 5.67. The van der Waals surface area contributed by atoms with Crippen LogP contribution in [-0.2, 0) is 0 Å². The number of aromatic nitrogens is 2. The van der Waals surface area contributed by atoms with Gasteiger partial charge in [-0.25, -0.2) is 0 Å². The van der Waals surface area contributed by atoms with Gasteiger partial charge in [0.15, 0.2) is 0 Å². The molecule has 0 amide bonds. The average Bonchev–Trinajstić information content (AvgIpc) is 2.82. The van der Waals surface area contributed by atoms with E-state index in [0.29, 0.717) is 18.1 Å². The molecule has 1 aromatic carbocycles. The molecule has 2 aromatic rings. The fourth-order valence-corrected chi connectivity index (χ4v) is 2.45. The van der Waals surface area contributed by atoms with Gasteiger partial charge in [-0.05, 0) is 63.1 Å². The fraction of sp³-hybridized carbons (Fsp3) is 0.333. The summed E-state index contributed by atoms with van der Waals surface area (Å²) in [5.41, 5.74) is 0.837. The van der Waals surface area contributed by atoms with Gasteiger partial charge in [-0.2, -0.15) is 4.98 Å². The van der Waals surface area contributed by atoms with Crippen LogP contribution in [0.2, 0.25) is 0 Å². The minimum absolute atomic E-state index is 0.345. The van der Waals surface area contributed by atoms with Gasteiger partial charge >= 0.3 is 0 Å². The van der Waals surface area contributed by atoms with E-state index in [2.05, 4.69) is 48.7 Å². The third-order valence-corrected chi connectivity index (χ3v) is 3.82. The van der Waals surface area contributed by atoms with Crippen LogP contribution in [0.4, 0.5) is 0 Å². The van der Waals surface area contributed by atoms with Crippen molar-refractivity contribution >= 4 is 38.5 Å². The molecule has 2 rings (SSSR count). The molecule has 0 saturated heterocycles. The second kappa shape index (κ2) is 6.12. The van der Waals surface area contributed by atoms with E-state index in [4.69, 9.17) is 4.52 Å². The first-order valence-electron chi connectivity index (χ1n) is 5.59. The first-order valence-corrected chi connectivity index (χ1v) is 7.46. The van der Waals surface area contributed by atoms with Crippen molar-refractivity contribution in [3.05, 3.63) is 32.1 Å². The highest BCUT2D eigenvalue weighted by atomic mass is 127. The van der Waals surface area contributed by atoms with Gasteiger partial charge in [0.2, 0.25) is 5.82 Å². The van der Waals surface area contributed by atoms with E-state index >= 15 is 0 Å². The molecule has 0 aliphatic rings. The number of aliphatic hydroxyl groups excluding tert-OH is 1. The van der Waals surface area contributed by atoms with Crippen molar-refractivity contribution in [3.8, 4) is 11.5 Å². The van der Waals surface area contributed by atoms with Gasteiger partial charge in [-0.1, -0.05) is 18.5 Å². The molecule has 0 aliphatic carbocycles. The zero-order chi connectivity index (χ0) is 13.1. The minimum atomic E-state index is -0.658. The highest BCUT2D eigenvalue weighted by molar-refractivity contribution is 14.1. The Kier molecular flexibility index (Phi) is 4.74.